The zero-order valence-electron chi connectivity index (χ0n) is 53.2. The molecule has 0 aliphatic heterocycles. The fourth-order valence-corrected chi connectivity index (χ4v) is 9.23. The Kier molecular flexibility index (Phi) is 59.3. The minimum absolute atomic E-state index is 0.184. The molecule has 0 radical (unpaired) electrons. The zero-order valence-corrected chi connectivity index (χ0v) is 53.2. The Morgan fingerprint density at radius 1 is 0.383 bits per heavy atom. The Morgan fingerprint density at radius 3 is 1.05 bits per heavy atom. The van der Waals surface area contributed by atoms with Gasteiger partial charge in [0.25, 0.3) is 6.29 Å². The van der Waals surface area contributed by atoms with Crippen LogP contribution in [0.5, 0.6) is 0 Å². The highest BCUT2D eigenvalue weighted by atomic mass is 16.7. The number of carbonyl (C=O) groups excluding carboxylic acids is 2. The van der Waals surface area contributed by atoms with Gasteiger partial charge < -0.3 is 28.5 Å². The normalized spacial score (nSPS) is 13.3. The van der Waals surface area contributed by atoms with E-state index in [1.165, 1.54) is 154 Å². The Morgan fingerprint density at radius 2 is 0.704 bits per heavy atom. The second-order valence-electron chi connectivity index (χ2n) is 23.4. The van der Waals surface area contributed by atoms with E-state index in [-0.39, 0.29) is 38.6 Å². The number of quaternary nitrogens is 1. The van der Waals surface area contributed by atoms with Gasteiger partial charge in [-0.3, -0.25) is 9.59 Å². The molecule has 0 spiro atoms. The predicted octanol–water partition coefficient (Wildman–Crippen LogP) is 20.5. The van der Waals surface area contributed by atoms with Crippen molar-refractivity contribution in [1.29, 1.82) is 0 Å². The van der Waals surface area contributed by atoms with Crippen LogP contribution in [-0.4, -0.2) is 87.4 Å². The molecule has 0 bridgehead atoms. The van der Waals surface area contributed by atoms with Gasteiger partial charge in [-0.2, -0.15) is 0 Å². The number of rotatable bonds is 61. The summed E-state index contributed by atoms with van der Waals surface area (Å²) < 4.78 is 22.9. The predicted molar refractivity (Wildman–Crippen MR) is 345 cm³/mol. The van der Waals surface area contributed by atoms with Crippen LogP contribution in [0, 0.1) is 0 Å². The van der Waals surface area contributed by atoms with Gasteiger partial charge in [-0.25, -0.2) is 4.79 Å². The van der Waals surface area contributed by atoms with E-state index in [0.717, 1.165) is 103 Å². The first-order valence-electron chi connectivity index (χ1n) is 33.4. The highest BCUT2D eigenvalue weighted by Gasteiger charge is 2.25. The summed E-state index contributed by atoms with van der Waals surface area (Å²) in [5, 5.41) is 9.71. The number of aliphatic carboxylic acids is 1. The van der Waals surface area contributed by atoms with Crippen molar-refractivity contribution >= 4 is 17.9 Å². The summed E-state index contributed by atoms with van der Waals surface area (Å²) in [5.41, 5.74) is 0. The van der Waals surface area contributed by atoms with Crippen LogP contribution in [-0.2, 0) is 33.3 Å². The van der Waals surface area contributed by atoms with E-state index in [2.05, 4.69) is 111 Å². The van der Waals surface area contributed by atoms with Crippen molar-refractivity contribution in [3.05, 3.63) is 97.2 Å². The summed E-state index contributed by atoms with van der Waals surface area (Å²) in [7, 11) is 5.97. The number of hydrogen-bond donors (Lipinski definition) is 1. The van der Waals surface area contributed by atoms with Crippen molar-refractivity contribution in [3.63, 3.8) is 0 Å². The molecule has 2 unspecified atom stereocenters. The second-order valence-corrected chi connectivity index (χ2v) is 23.4. The number of carbonyl (C=O) groups is 3. The van der Waals surface area contributed by atoms with E-state index in [4.69, 9.17) is 18.9 Å². The quantitative estimate of drug-likeness (QED) is 0.0211. The molecule has 9 nitrogen and oxygen atoms in total. The number of likely N-dealkylation sites (N-methyl/N-ethyl adjacent to an activating group) is 1. The van der Waals surface area contributed by atoms with E-state index in [1.807, 2.05) is 21.1 Å². The first-order valence-corrected chi connectivity index (χ1v) is 33.4. The fourth-order valence-electron chi connectivity index (χ4n) is 9.23. The molecule has 0 aromatic rings. The van der Waals surface area contributed by atoms with Crippen LogP contribution in [0.15, 0.2) is 97.2 Å². The van der Waals surface area contributed by atoms with Crippen LogP contribution < -0.4 is 0 Å². The fraction of sp³-hybridized carbons (Fsp3) is 0.736. The summed E-state index contributed by atoms with van der Waals surface area (Å²) >= 11 is 0. The molecule has 466 valence electrons. The standard InChI is InChI=1S/C72H125NO8/c1-6-8-10-12-14-16-18-20-22-23-24-25-26-27-28-29-30-31-32-33-34-35-36-37-38-39-40-41-42-43-44-45-46-47-49-51-53-55-57-59-61-63-70(75)81-68(67-80-72(71(76)77)78-65-64-73(3,4)5)66-79-69(74)62-60-58-56-54-52-50-48-21-19-17-15-13-11-9-7-2/h8,10,14-17,20-22,24-25,27-28,30-31,48,68,72H,6-7,9,11-13,18-19,23,26,29,32-47,49-67H2,1-5H3/p+1/b10-8-,16-14-,17-15-,22-20-,25-24-,28-27-,31-30-,48-21-. The van der Waals surface area contributed by atoms with Crippen molar-refractivity contribution in [3.8, 4) is 0 Å². The second kappa shape index (κ2) is 62.3. The van der Waals surface area contributed by atoms with E-state index in [0.29, 0.717) is 11.0 Å². The highest BCUT2D eigenvalue weighted by molar-refractivity contribution is 5.71. The molecule has 81 heavy (non-hydrogen) atoms. The van der Waals surface area contributed by atoms with Gasteiger partial charge in [0.05, 0.1) is 34.4 Å². The van der Waals surface area contributed by atoms with Crippen LogP contribution in [0.3, 0.4) is 0 Å². The molecule has 0 aromatic heterocycles. The molecule has 0 amide bonds. The number of unbranched alkanes of at least 4 members (excludes halogenated alkanes) is 30. The number of allylic oxidation sites excluding steroid dienone is 16. The van der Waals surface area contributed by atoms with Gasteiger partial charge in [0.15, 0.2) is 6.10 Å². The first kappa shape index (κ1) is 77.2. The lowest BCUT2D eigenvalue weighted by atomic mass is 10.0. The van der Waals surface area contributed by atoms with Crippen molar-refractivity contribution in [2.75, 3.05) is 47.5 Å². The van der Waals surface area contributed by atoms with Crippen LogP contribution in [0.1, 0.15) is 284 Å². The molecule has 2 atom stereocenters. The van der Waals surface area contributed by atoms with Crippen LogP contribution in [0.4, 0.5) is 0 Å². The van der Waals surface area contributed by atoms with Gasteiger partial charge >= 0.3 is 17.9 Å². The van der Waals surface area contributed by atoms with Crippen molar-refractivity contribution < 1.29 is 42.9 Å². The monoisotopic (exact) mass is 1130 g/mol. The van der Waals surface area contributed by atoms with Gasteiger partial charge in [-0.15, -0.1) is 0 Å². The SMILES string of the molecule is CC/C=C\C/C=C\C/C=C\C/C=C\C/C=C\C/C=C\CCCCCCCCCCCCCCCCCCCCCCCCC(=O)OC(COC(=O)CCCCCCC/C=C\C/C=C\CCCCC)COC(OCC[N+](C)(C)C)C(=O)O. The summed E-state index contributed by atoms with van der Waals surface area (Å²) in [5.74, 6) is -2.02. The van der Waals surface area contributed by atoms with E-state index in [1.54, 1.807) is 0 Å². The number of ether oxygens (including phenoxy) is 4. The molecule has 0 aromatic carbocycles. The van der Waals surface area contributed by atoms with Crippen molar-refractivity contribution in [2.45, 2.75) is 296 Å². The number of hydrogen-bond acceptors (Lipinski definition) is 7. The number of esters is 2. The van der Waals surface area contributed by atoms with Gasteiger partial charge in [-0.05, 0) is 96.3 Å². The van der Waals surface area contributed by atoms with E-state index < -0.39 is 24.3 Å². The van der Waals surface area contributed by atoms with Crippen LogP contribution in [0.25, 0.3) is 0 Å². The lowest BCUT2D eigenvalue weighted by Crippen LogP contribution is -2.40. The Labute approximate surface area is 499 Å². The van der Waals surface area contributed by atoms with Crippen LogP contribution >= 0.6 is 0 Å². The minimum atomic E-state index is -1.51. The molecular formula is C72H126NO8+. The first-order chi connectivity index (χ1) is 39.6. The summed E-state index contributed by atoms with van der Waals surface area (Å²) in [4.78, 5) is 37.5. The Bertz CT molecular complexity index is 1650. The van der Waals surface area contributed by atoms with Gasteiger partial charge in [-0.1, -0.05) is 272 Å². The largest absolute Gasteiger partial charge is 0.477 e. The maximum absolute atomic E-state index is 12.9. The zero-order chi connectivity index (χ0) is 59.1. The summed E-state index contributed by atoms with van der Waals surface area (Å²) in [6.45, 7) is 4.73. The minimum Gasteiger partial charge on any atom is -0.477 e. The number of carboxylic acid groups (broad SMARTS) is 1. The maximum atomic E-state index is 12.9. The molecule has 0 saturated heterocycles. The molecule has 9 heteroatoms. The summed E-state index contributed by atoms with van der Waals surface area (Å²) in [6, 6.07) is 0. The molecule has 0 aliphatic rings. The molecule has 0 fully saturated rings. The van der Waals surface area contributed by atoms with Crippen LogP contribution in [0.2, 0.25) is 0 Å². The van der Waals surface area contributed by atoms with Crippen molar-refractivity contribution in [1.82, 2.24) is 0 Å². The van der Waals surface area contributed by atoms with E-state index in [9.17, 15) is 19.5 Å². The Hall–Kier alpha value is -3.79. The molecule has 0 saturated carbocycles. The molecule has 0 heterocycles. The maximum Gasteiger partial charge on any atom is 0.361 e. The lowest BCUT2D eigenvalue weighted by molar-refractivity contribution is -0.870. The average Bonchev–Trinajstić information content (AvgIpc) is 3.44. The third kappa shape index (κ3) is 63.6. The van der Waals surface area contributed by atoms with Gasteiger partial charge in [0.1, 0.15) is 13.2 Å². The Balaban J connectivity index is 3.98. The highest BCUT2D eigenvalue weighted by Crippen LogP contribution is 2.17. The third-order valence-corrected chi connectivity index (χ3v) is 14.3. The van der Waals surface area contributed by atoms with Gasteiger partial charge in [0.2, 0.25) is 0 Å². The third-order valence-electron chi connectivity index (χ3n) is 14.3. The molecule has 0 rings (SSSR count). The number of nitrogens with zero attached hydrogens (tertiary/aromatic N) is 1. The summed E-state index contributed by atoms with van der Waals surface area (Å²) in [6.07, 6.45) is 82.4. The van der Waals surface area contributed by atoms with Gasteiger partial charge in [0, 0.05) is 12.8 Å². The van der Waals surface area contributed by atoms with Crippen molar-refractivity contribution in [2.24, 2.45) is 0 Å². The topological polar surface area (TPSA) is 108 Å². The molecule has 1 N–H and O–H groups in total. The van der Waals surface area contributed by atoms with E-state index >= 15 is 0 Å². The average molecular weight is 1130 g/mol. The molecular weight excluding hydrogens is 1010 g/mol. The lowest BCUT2D eigenvalue weighted by Gasteiger charge is -2.25. The number of carboxylic acids is 1. The molecule has 0 aliphatic carbocycles. The smallest absolute Gasteiger partial charge is 0.361 e.